The summed E-state index contributed by atoms with van der Waals surface area (Å²) in [6.07, 6.45) is 0. The van der Waals surface area contributed by atoms with Gasteiger partial charge in [-0.25, -0.2) is 0 Å². The average Bonchev–Trinajstić information content (AvgIpc) is 2.18. The molecule has 0 heterocycles. The minimum Gasteiger partial charge on any atom is -0.291 e. The van der Waals surface area contributed by atoms with Crippen LogP contribution in [0.5, 0.6) is 0 Å². The maximum Gasteiger partial charge on any atom is 0.191 e. The van der Waals surface area contributed by atoms with E-state index in [0.717, 1.165) is 5.30 Å². The Morgan fingerprint density at radius 2 is 1.73 bits per heavy atom. The van der Waals surface area contributed by atoms with Gasteiger partial charge in [-0.05, 0) is 11.0 Å². The topological polar surface area (TPSA) is 17.1 Å². The molecule has 0 bridgehead atoms. The van der Waals surface area contributed by atoms with Gasteiger partial charge >= 0.3 is 0 Å². The van der Waals surface area contributed by atoms with Crippen LogP contribution in [-0.4, -0.2) is 16.0 Å². The number of hydrogen-bond acceptors (Lipinski definition) is 1. The third-order valence-corrected chi connectivity index (χ3v) is 5.30. The molecule has 0 aliphatic heterocycles. The summed E-state index contributed by atoms with van der Waals surface area (Å²) < 4.78 is 0. The van der Waals surface area contributed by atoms with Crippen molar-refractivity contribution >= 4 is 42.0 Å². The summed E-state index contributed by atoms with van der Waals surface area (Å²) in [6, 6.07) is 9.70. The van der Waals surface area contributed by atoms with Gasteiger partial charge in [-0.15, -0.1) is 0 Å². The predicted octanol–water partition coefficient (Wildman–Crippen LogP) is 3.53. The van der Waals surface area contributed by atoms with Crippen LogP contribution in [-0.2, 0) is 4.79 Å². The first-order valence-electron chi connectivity index (χ1n) is 4.70. The summed E-state index contributed by atoms with van der Waals surface area (Å²) in [6.45, 7) is 4.04. The van der Waals surface area contributed by atoms with Gasteiger partial charge in [-0.1, -0.05) is 67.4 Å². The van der Waals surface area contributed by atoms with E-state index >= 15 is 0 Å². The Labute approximate surface area is 102 Å². The van der Waals surface area contributed by atoms with Crippen LogP contribution >= 0.6 is 31.1 Å². The van der Waals surface area contributed by atoms with Crippen LogP contribution in [0, 0.1) is 0 Å². The molecule has 1 unspecified atom stereocenters. The van der Waals surface area contributed by atoms with Crippen molar-refractivity contribution in [2.75, 3.05) is 0 Å². The number of alkyl halides is 2. The molecule has 0 N–H and O–H groups in total. The molecular formula is C11H13Cl2OP. The molecule has 0 amide bonds. The van der Waals surface area contributed by atoms with E-state index in [9.17, 15) is 4.79 Å². The minimum atomic E-state index is -0.918. The molecule has 0 saturated heterocycles. The first kappa shape index (κ1) is 13.0. The zero-order chi connectivity index (χ0) is 11.4. The molecule has 0 fully saturated rings. The lowest BCUT2D eigenvalue weighted by Crippen LogP contribution is -2.19. The highest BCUT2D eigenvalue weighted by Crippen LogP contribution is 2.43. The van der Waals surface area contributed by atoms with E-state index in [4.69, 9.17) is 23.2 Å². The zero-order valence-corrected chi connectivity index (χ0v) is 11.1. The fraction of sp³-hybridized carbons (Fsp3) is 0.364. The molecule has 0 aliphatic carbocycles. The van der Waals surface area contributed by atoms with Crippen LogP contribution in [0.3, 0.4) is 0 Å². The SMILES string of the molecule is CC(C)P(C(=O)C(Cl)Cl)c1ccccc1. The van der Waals surface area contributed by atoms with Crippen LogP contribution in [0.2, 0.25) is 0 Å². The van der Waals surface area contributed by atoms with Crippen molar-refractivity contribution in [1.82, 2.24) is 0 Å². The van der Waals surface area contributed by atoms with Gasteiger partial charge in [0.25, 0.3) is 0 Å². The number of rotatable bonds is 4. The van der Waals surface area contributed by atoms with E-state index in [1.807, 2.05) is 44.2 Å². The number of carbonyl (C=O) groups excluding carboxylic acids is 1. The number of carbonyl (C=O) groups is 1. The standard InChI is InChI=1S/C11H13Cl2OP/c1-8(2)15(11(14)10(12)13)9-6-4-3-5-7-9/h3-8,10H,1-2H3. The second-order valence-corrected chi connectivity index (χ2v) is 7.26. The second kappa shape index (κ2) is 5.84. The molecule has 0 radical (unpaired) electrons. The fourth-order valence-electron chi connectivity index (χ4n) is 1.37. The highest BCUT2D eigenvalue weighted by molar-refractivity contribution is 7.82. The summed E-state index contributed by atoms with van der Waals surface area (Å²) in [5, 5.41) is 1.04. The van der Waals surface area contributed by atoms with Crippen LogP contribution in [0.4, 0.5) is 0 Å². The van der Waals surface area contributed by atoms with Crippen molar-refractivity contribution in [3.63, 3.8) is 0 Å². The van der Waals surface area contributed by atoms with Crippen molar-refractivity contribution in [2.45, 2.75) is 24.3 Å². The molecule has 1 aromatic carbocycles. The molecule has 1 atom stereocenters. The normalized spacial score (nSPS) is 13.2. The first-order valence-corrected chi connectivity index (χ1v) is 6.98. The molecule has 1 rings (SSSR count). The number of hydrogen-bond donors (Lipinski definition) is 0. The molecule has 0 aromatic heterocycles. The predicted molar refractivity (Wildman–Crippen MR) is 68.6 cm³/mol. The molecular weight excluding hydrogens is 250 g/mol. The summed E-state index contributed by atoms with van der Waals surface area (Å²) in [5.74, 6) is 0. The highest BCUT2D eigenvalue weighted by Gasteiger charge is 2.27. The van der Waals surface area contributed by atoms with E-state index in [1.54, 1.807) is 0 Å². The Morgan fingerprint density at radius 3 is 2.13 bits per heavy atom. The largest absolute Gasteiger partial charge is 0.291 e. The maximum atomic E-state index is 11.8. The number of benzene rings is 1. The lowest BCUT2D eigenvalue weighted by atomic mass is 10.4. The van der Waals surface area contributed by atoms with Gasteiger partial charge in [0.2, 0.25) is 0 Å². The zero-order valence-electron chi connectivity index (χ0n) is 8.65. The Balaban J connectivity index is 2.99. The summed E-state index contributed by atoms with van der Waals surface area (Å²) in [4.78, 5) is 10.9. The molecule has 0 saturated carbocycles. The van der Waals surface area contributed by atoms with Crippen molar-refractivity contribution in [2.24, 2.45) is 0 Å². The molecule has 15 heavy (non-hydrogen) atoms. The molecule has 1 aromatic rings. The van der Waals surface area contributed by atoms with Crippen LogP contribution in [0.1, 0.15) is 13.8 Å². The van der Waals surface area contributed by atoms with Crippen molar-refractivity contribution < 1.29 is 4.79 Å². The van der Waals surface area contributed by atoms with Crippen LogP contribution in [0.15, 0.2) is 30.3 Å². The first-order chi connectivity index (χ1) is 7.04. The van der Waals surface area contributed by atoms with E-state index in [1.165, 1.54) is 0 Å². The summed E-state index contributed by atoms with van der Waals surface area (Å²) in [5.41, 5.74) is 0.199. The van der Waals surface area contributed by atoms with Gasteiger partial charge in [-0.2, -0.15) is 0 Å². The lowest BCUT2D eigenvalue weighted by molar-refractivity contribution is -0.110. The Kier molecular flexibility index (Phi) is 5.05. The molecule has 1 nitrogen and oxygen atoms in total. The van der Waals surface area contributed by atoms with Crippen LogP contribution in [0.25, 0.3) is 0 Å². The Morgan fingerprint density at radius 1 is 1.20 bits per heavy atom. The summed E-state index contributed by atoms with van der Waals surface area (Å²) >= 11 is 11.3. The van der Waals surface area contributed by atoms with Crippen molar-refractivity contribution in [1.29, 1.82) is 0 Å². The van der Waals surface area contributed by atoms with Gasteiger partial charge in [-0.3, -0.25) is 4.79 Å². The van der Waals surface area contributed by atoms with E-state index in [0.29, 0.717) is 0 Å². The average molecular weight is 263 g/mol. The van der Waals surface area contributed by atoms with E-state index in [-0.39, 0.29) is 11.2 Å². The van der Waals surface area contributed by atoms with E-state index < -0.39 is 12.8 Å². The molecule has 82 valence electrons. The van der Waals surface area contributed by atoms with Gasteiger partial charge in [0.15, 0.2) is 10.4 Å². The van der Waals surface area contributed by atoms with Crippen LogP contribution < -0.4 is 5.30 Å². The number of halogens is 2. The monoisotopic (exact) mass is 262 g/mol. The third-order valence-electron chi connectivity index (χ3n) is 1.97. The molecule has 0 aliphatic rings. The maximum absolute atomic E-state index is 11.8. The summed E-state index contributed by atoms with van der Waals surface area (Å²) in [7, 11) is -0.918. The van der Waals surface area contributed by atoms with Gasteiger partial charge in [0.05, 0.1) is 0 Å². The van der Waals surface area contributed by atoms with Gasteiger partial charge in [0.1, 0.15) is 0 Å². The Bertz CT molecular complexity index is 325. The Hall–Kier alpha value is -0.100. The third kappa shape index (κ3) is 3.45. The smallest absolute Gasteiger partial charge is 0.191 e. The quantitative estimate of drug-likeness (QED) is 0.600. The van der Waals surface area contributed by atoms with Gasteiger partial charge < -0.3 is 0 Å². The molecule has 0 spiro atoms. The highest BCUT2D eigenvalue weighted by atomic mass is 35.5. The van der Waals surface area contributed by atoms with Crippen molar-refractivity contribution in [3.05, 3.63) is 30.3 Å². The minimum absolute atomic E-state index is 0.0606. The fourth-order valence-corrected chi connectivity index (χ4v) is 4.07. The second-order valence-electron chi connectivity index (χ2n) is 3.44. The van der Waals surface area contributed by atoms with Crippen molar-refractivity contribution in [3.8, 4) is 0 Å². The molecule has 4 heteroatoms. The lowest BCUT2D eigenvalue weighted by Gasteiger charge is -2.20. The van der Waals surface area contributed by atoms with Gasteiger partial charge in [0, 0.05) is 7.92 Å². The van der Waals surface area contributed by atoms with E-state index in [2.05, 4.69) is 0 Å².